The topological polar surface area (TPSA) is 68.2 Å². The van der Waals surface area contributed by atoms with Gasteiger partial charge in [-0.3, -0.25) is 0 Å². The van der Waals surface area contributed by atoms with Gasteiger partial charge in [-0.1, -0.05) is 102 Å². The van der Waals surface area contributed by atoms with Crippen molar-refractivity contribution >= 4 is 16.9 Å². The van der Waals surface area contributed by atoms with Gasteiger partial charge in [0.25, 0.3) is 0 Å². The van der Waals surface area contributed by atoms with Crippen LogP contribution in [-0.4, -0.2) is 109 Å². The number of methoxy groups -OCH3 is 2. The van der Waals surface area contributed by atoms with Crippen molar-refractivity contribution < 1.29 is 37.4 Å². The van der Waals surface area contributed by atoms with Crippen LogP contribution in [0.25, 0.3) is 10.9 Å². The summed E-state index contributed by atoms with van der Waals surface area (Å²) in [5, 5.41) is 0.729. The Morgan fingerprint density at radius 3 is 1.52 bits per heavy atom. The molecule has 0 saturated heterocycles. The highest BCUT2D eigenvalue weighted by molar-refractivity contribution is 6.02. The largest absolute Gasteiger partial charge is 0.493 e. The second kappa shape index (κ2) is 26.8. The molecule has 1 heterocycles. The van der Waals surface area contributed by atoms with Crippen LogP contribution in [0.5, 0.6) is 23.0 Å². The highest BCUT2D eigenvalue weighted by atomic mass is 16.5. The highest BCUT2D eigenvalue weighted by Crippen LogP contribution is 2.42. The summed E-state index contributed by atoms with van der Waals surface area (Å²) in [7, 11) is 18.2. The highest BCUT2D eigenvalue weighted by Gasteiger charge is 2.26. The molecule has 0 spiro atoms. The van der Waals surface area contributed by atoms with E-state index in [2.05, 4.69) is 79.8 Å². The number of rotatable bonds is 27. The smallest absolute Gasteiger partial charge is 0.354 e. The Bertz CT molecular complexity index is 2190. The molecular weight excluding hydrogens is 811 g/mol. The van der Waals surface area contributed by atoms with E-state index >= 15 is 0 Å². The molecule has 1 aromatic heterocycles. The van der Waals surface area contributed by atoms with Crippen LogP contribution in [0, 0.1) is 29.6 Å². The molecule has 4 rings (SSSR count). The molecule has 0 aliphatic heterocycles. The van der Waals surface area contributed by atoms with Crippen LogP contribution in [0.4, 0.5) is 0 Å². The van der Waals surface area contributed by atoms with E-state index in [-0.39, 0.29) is 5.97 Å². The van der Waals surface area contributed by atoms with Gasteiger partial charge in [0.15, 0.2) is 11.5 Å². The number of quaternary nitrogens is 2. The zero-order valence-electron chi connectivity index (χ0n) is 42.0. The number of carbonyl (C=O) groups is 1. The zero-order chi connectivity index (χ0) is 47.2. The fourth-order valence-electron chi connectivity index (χ4n) is 8.03. The lowest BCUT2D eigenvalue weighted by molar-refractivity contribution is -0.870. The first-order valence-corrected chi connectivity index (χ1v) is 24.2. The lowest BCUT2D eigenvalue weighted by Crippen LogP contribution is -2.36. The number of esters is 1. The summed E-state index contributed by atoms with van der Waals surface area (Å²) in [4.78, 5) is 14.2. The van der Waals surface area contributed by atoms with E-state index in [0.717, 1.165) is 88.6 Å². The van der Waals surface area contributed by atoms with Gasteiger partial charge >= 0.3 is 5.97 Å². The fraction of sp³-hybridized carbons (Fsp3) is 0.554. The summed E-state index contributed by atoms with van der Waals surface area (Å²) in [6.45, 7) is 8.27. The average Bonchev–Trinajstić information content (AvgIpc) is 3.62. The number of hydrogen-bond acceptors (Lipinski definition) is 6. The van der Waals surface area contributed by atoms with Crippen molar-refractivity contribution in [2.24, 2.45) is 13.0 Å². The maximum absolute atomic E-state index is 14.2. The summed E-state index contributed by atoms with van der Waals surface area (Å²) in [5.74, 6) is 16.0. The number of fused-ring (bicyclic) bond motifs is 1. The Kier molecular flexibility index (Phi) is 21.6. The van der Waals surface area contributed by atoms with Gasteiger partial charge in [-0.05, 0) is 73.4 Å². The molecule has 354 valence electrons. The molecule has 0 aliphatic carbocycles. The van der Waals surface area contributed by atoms with Gasteiger partial charge in [0.2, 0.25) is 0 Å². The second-order valence-electron chi connectivity index (χ2n) is 19.5. The Labute approximate surface area is 392 Å². The number of carbonyl (C=O) groups excluding carboxylic acids is 1. The van der Waals surface area contributed by atoms with E-state index in [1.54, 1.807) is 14.2 Å². The SMILES string of the molecule is CCCCCCCCC(CCCCCC)COC(=O)c1cc2c(C#Cc3ccc(OCCC[N+](C)(C)C)cc3)c(OC)c(OC)c(C#Cc3ccc(OCCC[N+](C)(C)C)cc3)c2n1C. The molecule has 4 aromatic rings. The normalized spacial score (nSPS) is 11.9. The van der Waals surface area contributed by atoms with Crippen molar-refractivity contribution in [3.05, 3.63) is 82.5 Å². The molecular formula is C56H81N3O6+2. The number of benzene rings is 3. The molecule has 0 bridgehead atoms. The molecule has 3 aromatic carbocycles. The van der Waals surface area contributed by atoms with Gasteiger partial charge in [0.1, 0.15) is 17.2 Å². The number of aromatic nitrogens is 1. The van der Waals surface area contributed by atoms with Crippen LogP contribution in [0.15, 0.2) is 54.6 Å². The van der Waals surface area contributed by atoms with E-state index in [1.807, 2.05) is 66.2 Å². The maximum atomic E-state index is 14.2. The Morgan fingerprint density at radius 1 is 0.600 bits per heavy atom. The average molecular weight is 892 g/mol. The first-order valence-electron chi connectivity index (χ1n) is 24.2. The molecule has 1 atom stereocenters. The van der Waals surface area contributed by atoms with Gasteiger partial charge in [-0.15, -0.1) is 0 Å². The Morgan fingerprint density at radius 2 is 1.05 bits per heavy atom. The third-order valence-corrected chi connectivity index (χ3v) is 11.8. The first kappa shape index (κ1) is 52.5. The molecule has 0 radical (unpaired) electrons. The minimum Gasteiger partial charge on any atom is -0.493 e. The molecule has 0 N–H and O–H groups in total. The predicted octanol–water partition coefficient (Wildman–Crippen LogP) is 11.4. The predicted molar refractivity (Wildman–Crippen MR) is 267 cm³/mol. The van der Waals surface area contributed by atoms with Crippen molar-refractivity contribution in [1.29, 1.82) is 0 Å². The van der Waals surface area contributed by atoms with E-state index in [9.17, 15) is 4.79 Å². The van der Waals surface area contributed by atoms with Crippen LogP contribution in [0.3, 0.4) is 0 Å². The summed E-state index contributed by atoms with van der Waals surface area (Å²) >= 11 is 0. The van der Waals surface area contributed by atoms with Gasteiger partial charge in [-0.2, -0.15) is 0 Å². The molecule has 0 amide bonds. The number of aryl methyl sites for hydroxylation is 1. The maximum Gasteiger partial charge on any atom is 0.354 e. The number of ether oxygens (including phenoxy) is 5. The quantitative estimate of drug-likeness (QED) is 0.0257. The Hall–Kier alpha value is -5.09. The Balaban J connectivity index is 1.70. The molecule has 9 heteroatoms. The van der Waals surface area contributed by atoms with Gasteiger partial charge in [-0.25, -0.2) is 4.79 Å². The molecule has 0 saturated carbocycles. The summed E-state index contributed by atoms with van der Waals surface area (Å²) in [6.07, 6.45) is 16.4. The van der Waals surface area contributed by atoms with E-state index in [0.29, 0.717) is 59.6 Å². The lowest BCUT2D eigenvalue weighted by atomic mass is 9.95. The first-order chi connectivity index (χ1) is 31.2. The third-order valence-electron chi connectivity index (χ3n) is 11.8. The van der Waals surface area contributed by atoms with Crippen molar-refractivity contribution in [2.75, 3.05) is 89.4 Å². The molecule has 0 aliphatic rings. The van der Waals surface area contributed by atoms with Crippen molar-refractivity contribution in [1.82, 2.24) is 4.57 Å². The van der Waals surface area contributed by atoms with Crippen molar-refractivity contribution in [2.45, 2.75) is 104 Å². The fourth-order valence-corrected chi connectivity index (χ4v) is 8.03. The van der Waals surface area contributed by atoms with Gasteiger partial charge in [0.05, 0.1) is 106 Å². The lowest BCUT2D eigenvalue weighted by Gasteiger charge is -2.23. The van der Waals surface area contributed by atoms with E-state index in [1.165, 1.54) is 51.4 Å². The van der Waals surface area contributed by atoms with Crippen molar-refractivity contribution in [3.8, 4) is 46.7 Å². The van der Waals surface area contributed by atoms with Crippen molar-refractivity contribution in [3.63, 3.8) is 0 Å². The minimum atomic E-state index is -0.366. The van der Waals surface area contributed by atoms with Crippen LogP contribution in [-0.2, 0) is 11.8 Å². The summed E-state index contributed by atoms with van der Waals surface area (Å²) < 4.78 is 34.1. The molecule has 1 unspecified atom stereocenters. The van der Waals surface area contributed by atoms with E-state index in [4.69, 9.17) is 23.7 Å². The second-order valence-corrected chi connectivity index (χ2v) is 19.5. The van der Waals surface area contributed by atoms with Gasteiger partial charge in [0, 0.05) is 36.4 Å². The van der Waals surface area contributed by atoms with E-state index < -0.39 is 0 Å². The minimum absolute atomic E-state index is 0.332. The van der Waals surface area contributed by atoms with Crippen LogP contribution < -0.4 is 18.9 Å². The standard InChI is InChI=1S/C56H81N3O6/c1-12-14-16-18-19-21-25-46(24-20-17-15-13-2)43-65-56(60)52-42-51-49(36-30-44-26-32-47(33-27-44)63-40-22-38-58(4,5)6)54(61-10)55(62-11)50(53(51)57(52)3)37-31-45-28-34-48(35-29-45)64-41-23-39-59(7,8)9/h26-29,32-35,42,46H,12-25,38-41,43H2,1-11H3/q+2. The summed E-state index contributed by atoms with van der Waals surface area (Å²) in [5.41, 5.74) is 3.95. The molecule has 9 nitrogen and oxygen atoms in total. The van der Waals surface area contributed by atoms with Gasteiger partial charge < -0.3 is 37.2 Å². The number of unbranched alkanes of at least 4 members (excludes halogenated alkanes) is 8. The molecule has 65 heavy (non-hydrogen) atoms. The molecule has 0 fully saturated rings. The third kappa shape index (κ3) is 17.7. The van der Waals surface area contributed by atoms with Crippen LogP contribution >= 0.6 is 0 Å². The number of hydrogen-bond donors (Lipinski definition) is 0. The van der Waals surface area contributed by atoms with Crippen LogP contribution in [0.2, 0.25) is 0 Å². The number of nitrogens with zero attached hydrogens (tertiary/aromatic N) is 3. The monoisotopic (exact) mass is 892 g/mol. The zero-order valence-corrected chi connectivity index (χ0v) is 42.0. The summed E-state index contributed by atoms with van der Waals surface area (Å²) in [6, 6.07) is 17.5. The van der Waals surface area contributed by atoms with Crippen LogP contribution in [0.1, 0.15) is 136 Å².